The molecule has 1 unspecified atom stereocenters. The Kier molecular flexibility index (Phi) is 8.14. The van der Waals surface area contributed by atoms with E-state index < -0.39 is 12.0 Å². The molecule has 0 aliphatic heterocycles. The second-order valence-corrected chi connectivity index (χ2v) is 5.23. The summed E-state index contributed by atoms with van der Waals surface area (Å²) in [6.07, 6.45) is 1.57. The van der Waals surface area contributed by atoms with Crippen molar-refractivity contribution in [1.29, 1.82) is 0 Å². The molecule has 0 spiro atoms. The van der Waals surface area contributed by atoms with E-state index in [0.717, 1.165) is 13.0 Å². The van der Waals surface area contributed by atoms with Crippen LogP contribution in [0.1, 0.15) is 26.7 Å². The fraction of sp³-hybridized carbons (Fsp3) is 0.846. The van der Waals surface area contributed by atoms with Gasteiger partial charge in [-0.15, -0.1) is 0 Å². The van der Waals surface area contributed by atoms with Gasteiger partial charge in [0, 0.05) is 13.6 Å². The van der Waals surface area contributed by atoms with Crippen molar-refractivity contribution in [3.63, 3.8) is 0 Å². The molecule has 0 aliphatic rings. The van der Waals surface area contributed by atoms with Crippen LogP contribution in [0.3, 0.4) is 0 Å². The predicted octanol–water partition coefficient (Wildman–Crippen LogP) is 1.08. The number of nitrogens with zero attached hydrogens (tertiary/aromatic N) is 2. The van der Waals surface area contributed by atoms with Crippen LogP contribution in [0.15, 0.2) is 0 Å². The third kappa shape index (κ3) is 7.00. The summed E-state index contributed by atoms with van der Waals surface area (Å²) in [4.78, 5) is 26.6. The Morgan fingerprint density at radius 1 is 1.21 bits per heavy atom. The van der Waals surface area contributed by atoms with Crippen molar-refractivity contribution in [3.8, 4) is 0 Å². The van der Waals surface area contributed by atoms with Crippen molar-refractivity contribution < 1.29 is 14.7 Å². The Bertz CT molecular complexity index is 295. The third-order valence-electron chi connectivity index (χ3n) is 3.20. The fourth-order valence-corrected chi connectivity index (χ4v) is 1.65. The molecule has 2 N–H and O–H groups in total. The summed E-state index contributed by atoms with van der Waals surface area (Å²) in [5, 5.41) is 11.7. The number of carbonyl (C=O) groups is 2. The van der Waals surface area contributed by atoms with Crippen molar-refractivity contribution >= 4 is 12.0 Å². The quantitative estimate of drug-likeness (QED) is 0.694. The van der Waals surface area contributed by atoms with Gasteiger partial charge in [-0.3, -0.25) is 0 Å². The van der Waals surface area contributed by atoms with Crippen LogP contribution in [0.4, 0.5) is 4.79 Å². The second-order valence-electron chi connectivity index (χ2n) is 5.23. The number of urea groups is 1. The van der Waals surface area contributed by atoms with E-state index in [1.165, 1.54) is 4.90 Å². The number of carboxylic acid groups (broad SMARTS) is 1. The van der Waals surface area contributed by atoms with E-state index in [-0.39, 0.29) is 11.9 Å². The van der Waals surface area contributed by atoms with Crippen molar-refractivity contribution in [1.82, 2.24) is 15.1 Å². The average molecular weight is 273 g/mol. The highest BCUT2D eigenvalue weighted by Crippen LogP contribution is 2.08. The first kappa shape index (κ1) is 17.7. The molecule has 6 nitrogen and oxygen atoms in total. The van der Waals surface area contributed by atoms with E-state index in [4.69, 9.17) is 5.11 Å². The zero-order valence-corrected chi connectivity index (χ0v) is 12.6. The first-order chi connectivity index (χ1) is 8.79. The summed E-state index contributed by atoms with van der Waals surface area (Å²) >= 11 is 0. The van der Waals surface area contributed by atoms with Crippen LogP contribution in [0.25, 0.3) is 0 Å². The molecule has 6 heteroatoms. The predicted molar refractivity (Wildman–Crippen MR) is 75.2 cm³/mol. The second kappa shape index (κ2) is 8.74. The lowest BCUT2D eigenvalue weighted by atomic mass is 9.99. The molecule has 0 saturated carbocycles. The number of aliphatic carboxylic acids is 1. The molecule has 0 radical (unpaired) electrons. The molecular weight excluding hydrogens is 246 g/mol. The molecule has 112 valence electrons. The van der Waals surface area contributed by atoms with Crippen LogP contribution in [-0.2, 0) is 4.79 Å². The van der Waals surface area contributed by atoms with Gasteiger partial charge < -0.3 is 20.2 Å². The molecule has 19 heavy (non-hydrogen) atoms. The summed E-state index contributed by atoms with van der Waals surface area (Å²) in [6, 6.07) is -1.15. The van der Waals surface area contributed by atoms with Gasteiger partial charge in [-0.25, -0.2) is 9.59 Å². The topological polar surface area (TPSA) is 72.9 Å². The maximum Gasteiger partial charge on any atom is 0.326 e. The monoisotopic (exact) mass is 273 g/mol. The van der Waals surface area contributed by atoms with E-state index in [9.17, 15) is 9.59 Å². The summed E-state index contributed by atoms with van der Waals surface area (Å²) in [5.74, 6) is -1.07. The molecule has 0 aromatic heterocycles. The summed E-state index contributed by atoms with van der Waals surface area (Å²) in [6.45, 7) is 5.24. The number of hydrogen-bond donors (Lipinski definition) is 2. The van der Waals surface area contributed by atoms with Crippen LogP contribution >= 0.6 is 0 Å². The van der Waals surface area contributed by atoms with Gasteiger partial charge in [-0.1, -0.05) is 20.3 Å². The SMILES string of the molecule is CCC(C)[C@H](NC(=O)N(C)CCCN(C)C)C(=O)O. The number of rotatable bonds is 8. The lowest BCUT2D eigenvalue weighted by Crippen LogP contribution is -2.49. The number of carbonyl (C=O) groups excluding carboxylic acids is 1. The van der Waals surface area contributed by atoms with Crippen LogP contribution in [0.2, 0.25) is 0 Å². The molecule has 0 aromatic rings. The molecule has 0 aromatic carbocycles. The number of nitrogens with one attached hydrogen (secondary N) is 1. The van der Waals surface area contributed by atoms with Crippen molar-refractivity contribution in [2.24, 2.45) is 5.92 Å². The molecule has 0 rings (SSSR count). The Balaban J connectivity index is 4.28. The molecule has 2 atom stereocenters. The maximum absolute atomic E-state index is 11.9. The van der Waals surface area contributed by atoms with Crippen molar-refractivity contribution in [2.45, 2.75) is 32.7 Å². The summed E-state index contributed by atoms with van der Waals surface area (Å²) in [5.41, 5.74) is 0. The largest absolute Gasteiger partial charge is 0.480 e. The minimum absolute atomic E-state index is 0.0865. The lowest BCUT2D eigenvalue weighted by Gasteiger charge is -2.24. The number of hydrogen-bond acceptors (Lipinski definition) is 3. The molecule has 0 aliphatic carbocycles. The highest BCUT2D eigenvalue weighted by atomic mass is 16.4. The van der Waals surface area contributed by atoms with Gasteiger partial charge in [0.2, 0.25) is 0 Å². The van der Waals surface area contributed by atoms with E-state index in [1.807, 2.05) is 32.8 Å². The highest BCUT2D eigenvalue weighted by molar-refractivity contribution is 5.82. The van der Waals surface area contributed by atoms with Crippen LogP contribution in [-0.4, -0.2) is 67.2 Å². The van der Waals surface area contributed by atoms with Crippen LogP contribution < -0.4 is 5.32 Å². The Hall–Kier alpha value is -1.30. The minimum atomic E-state index is -0.982. The maximum atomic E-state index is 11.9. The summed E-state index contributed by atoms with van der Waals surface area (Å²) < 4.78 is 0. The first-order valence-corrected chi connectivity index (χ1v) is 6.68. The zero-order chi connectivity index (χ0) is 15.0. The first-order valence-electron chi connectivity index (χ1n) is 6.68. The summed E-state index contributed by atoms with van der Waals surface area (Å²) in [7, 11) is 5.63. The zero-order valence-electron chi connectivity index (χ0n) is 12.6. The van der Waals surface area contributed by atoms with Gasteiger partial charge in [0.05, 0.1) is 0 Å². The molecule has 2 amide bonds. The molecular formula is C13H27N3O3. The van der Waals surface area contributed by atoms with E-state index in [0.29, 0.717) is 13.0 Å². The Morgan fingerprint density at radius 2 is 1.79 bits per heavy atom. The van der Waals surface area contributed by atoms with E-state index >= 15 is 0 Å². The van der Waals surface area contributed by atoms with Crippen LogP contribution in [0, 0.1) is 5.92 Å². The van der Waals surface area contributed by atoms with Crippen LogP contribution in [0.5, 0.6) is 0 Å². The number of carboxylic acids is 1. The smallest absolute Gasteiger partial charge is 0.326 e. The van der Waals surface area contributed by atoms with Crippen molar-refractivity contribution in [2.75, 3.05) is 34.2 Å². The Morgan fingerprint density at radius 3 is 2.21 bits per heavy atom. The van der Waals surface area contributed by atoms with Gasteiger partial charge in [0.15, 0.2) is 0 Å². The van der Waals surface area contributed by atoms with Gasteiger partial charge in [0.1, 0.15) is 6.04 Å². The average Bonchev–Trinajstić information content (AvgIpc) is 2.33. The normalized spacial score (nSPS) is 14.0. The van der Waals surface area contributed by atoms with Gasteiger partial charge in [0.25, 0.3) is 0 Å². The molecule has 0 bridgehead atoms. The van der Waals surface area contributed by atoms with Gasteiger partial charge in [-0.05, 0) is 33.0 Å². The lowest BCUT2D eigenvalue weighted by molar-refractivity contribution is -0.140. The number of amides is 2. The highest BCUT2D eigenvalue weighted by Gasteiger charge is 2.26. The minimum Gasteiger partial charge on any atom is -0.480 e. The Labute approximate surface area is 115 Å². The van der Waals surface area contributed by atoms with E-state index in [1.54, 1.807) is 7.05 Å². The van der Waals surface area contributed by atoms with Gasteiger partial charge in [-0.2, -0.15) is 0 Å². The molecule has 0 saturated heterocycles. The fourth-order valence-electron chi connectivity index (χ4n) is 1.65. The molecule has 0 fully saturated rings. The van der Waals surface area contributed by atoms with Gasteiger partial charge >= 0.3 is 12.0 Å². The standard InChI is InChI=1S/C13H27N3O3/c1-6-10(2)11(12(17)18)14-13(19)16(5)9-7-8-15(3)4/h10-11H,6-9H2,1-5H3,(H,14,19)(H,17,18)/t10?,11-/m0/s1. The van der Waals surface area contributed by atoms with E-state index in [2.05, 4.69) is 5.32 Å². The molecule has 0 heterocycles. The third-order valence-corrected chi connectivity index (χ3v) is 3.20. The van der Waals surface area contributed by atoms with Crippen molar-refractivity contribution in [3.05, 3.63) is 0 Å².